The number of carbonyl (C=O) groups excluding carboxylic acids is 1. The molecule has 0 fully saturated rings. The summed E-state index contributed by atoms with van der Waals surface area (Å²) in [7, 11) is 1.84. The molecule has 0 radical (unpaired) electrons. The molecule has 114 valence electrons. The van der Waals surface area contributed by atoms with Crippen molar-refractivity contribution in [3.63, 3.8) is 0 Å². The van der Waals surface area contributed by atoms with Crippen LogP contribution in [0.5, 0.6) is 0 Å². The fourth-order valence-corrected chi connectivity index (χ4v) is 3.16. The normalized spacial score (nSPS) is 12.4. The maximum atomic E-state index is 12.3. The highest BCUT2D eigenvalue weighted by Gasteiger charge is 2.21. The average molecular weight is 307 g/mol. The molecule has 0 aliphatic rings. The molecule has 6 nitrogen and oxygen atoms in total. The lowest BCUT2D eigenvalue weighted by Crippen LogP contribution is -2.30. The van der Waals surface area contributed by atoms with Gasteiger partial charge in [0.1, 0.15) is 12.7 Å². The van der Waals surface area contributed by atoms with Crippen molar-refractivity contribution >= 4 is 17.2 Å². The van der Waals surface area contributed by atoms with E-state index in [-0.39, 0.29) is 11.9 Å². The van der Waals surface area contributed by atoms with Crippen LogP contribution in [-0.2, 0) is 11.3 Å². The number of carbonyl (C=O) groups is 1. The fourth-order valence-electron chi connectivity index (χ4n) is 2.25. The van der Waals surface area contributed by atoms with Crippen LogP contribution in [0.1, 0.15) is 41.4 Å². The molecule has 2 aromatic heterocycles. The van der Waals surface area contributed by atoms with E-state index in [4.69, 9.17) is 0 Å². The van der Waals surface area contributed by atoms with Gasteiger partial charge in [-0.3, -0.25) is 9.48 Å². The van der Waals surface area contributed by atoms with E-state index in [0.717, 1.165) is 17.1 Å². The highest BCUT2D eigenvalue weighted by Crippen LogP contribution is 2.26. The van der Waals surface area contributed by atoms with Crippen LogP contribution >= 0.6 is 11.3 Å². The van der Waals surface area contributed by atoms with Crippen molar-refractivity contribution in [1.29, 1.82) is 0 Å². The minimum atomic E-state index is 0.00817. The van der Waals surface area contributed by atoms with Gasteiger partial charge in [0.25, 0.3) is 0 Å². The van der Waals surface area contributed by atoms with Crippen LogP contribution in [0.2, 0.25) is 0 Å². The quantitative estimate of drug-likeness (QED) is 0.822. The van der Waals surface area contributed by atoms with E-state index in [9.17, 15) is 4.79 Å². The molecule has 0 aliphatic heterocycles. The summed E-state index contributed by atoms with van der Waals surface area (Å²) in [5.74, 6) is 0.132. The summed E-state index contributed by atoms with van der Waals surface area (Å²) < 4.78 is 1.74. The molecular weight excluding hydrogens is 286 g/mol. The third-order valence-electron chi connectivity index (χ3n) is 3.55. The van der Waals surface area contributed by atoms with Gasteiger partial charge >= 0.3 is 0 Å². The first-order chi connectivity index (χ1) is 9.99. The van der Waals surface area contributed by atoms with Crippen molar-refractivity contribution in [1.82, 2.24) is 24.6 Å². The second-order valence-electron chi connectivity index (χ2n) is 5.12. The number of rotatable bonds is 6. The minimum Gasteiger partial charge on any atom is -0.337 e. The highest BCUT2D eigenvalue weighted by atomic mass is 32.1. The molecule has 2 rings (SSSR count). The molecule has 2 heterocycles. The average Bonchev–Trinajstić information content (AvgIpc) is 3.06. The van der Waals surface area contributed by atoms with E-state index < -0.39 is 0 Å². The third kappa shape index (κ3) is 3.87. The third-order valence-corrected chi connectivity index (χ3v) is 4.46. The molecule has 0 aromatic carbocycles. The van der Waals surface area contributed by atoms with Crippen molar-refractivity contribution in [3.8, 4) is 0 Å². The van der Waals surface area contributed by atoms with Gasteiger partial charge in [-0.15, -0.1) is 11.3 Å². The Morgan fingerprint density at radius 1 is 1.48 bits per heavy atom. The molecule has 0 bridgehead atoms. The summed E-state index contributed by atoms with van der Waals surface area (Å²) in [6.07, 6.45) is 4.43. The van der Waals surface area contributed by atoms with Crippen LogP contribution in [0.3, 0.4) is 0 Å². The first-order valence-electron chi connectivity index (χ1n) is 7.01. The van der Waals surface area contributed by atoms with Gasteiger partial charge in [-0.1, -0.05) is 0 Å². The topological polar surface area (TPSA) is 63.9 Å². The van der Waals surface area contributed by atoms with Crippen LogP contribution in [0.25, 0.3) is 0 Å². The summed E-state index contributed by atoms with van der Waals surface area (Å²) in [6, 6.07) is 0.00817. The van der Waals surface area contributed by atoms with Gasteiger partial charge in [-0.2, -0.15) is 5.10 Å². The van der Waals surface area contributed by atoms with Gasteiger partial charge in [-0.05, 0) is 27.2 Å². The largest absolute Gasteiger partial charge is 0.337 e. The maximum absolute atomic E-state index is 12.3. The highest BCUT2D eigenvalue weighted by molar-refractivity contribution is 7.11. The molecule has 1 atom stereocenters. The van der Waals surface area contributed by atoms with Crippen LogP contribution in [-0.4, -0.2) is 37.6 Å². The van der Waals surface area contributed by atoms with Gasteiger partial charge in [0.2, 0.25) is 5.91 Å². The molecule has 1 amide bonds. The Balaban J connectivity index is 1.88. The lowest BCUT2D eigenvalue weighted by atomic mass is 10.1. The number of nitrogens with zero attached hydrogens (tertiary/aromatic N) is 5. The number of aryl methyl sites for hydroxylation is 3. The van der Waals surface area contributed by atoms with Crippen LogP contribution in [0.15, 0.2) is 12.7 Å². The van der Waals surface area contributed by atoms with Gasteiger partial charge in [0.15, 0.2) is 0 Å². The molecule has 0 spiro atoms. The molecule has 0 saturated carbocycles. The first-order valence-corrected chi connectivity index (χ1v) is 7.82. The van der Waals surface area contributed by atoms with E-state index in [1.165, 1.54) is 11.2 Å². The molecule has 0 aliphatic carbocycles. The Hall–Kier alpha value is -1.76. The monoisotopic (exact) mass is 307 g/mol. The number of hydrogen-bond acceptors (Lipinski definition) is 5. The van der Waals surface area contributed by atoms with E-state index >= 15 is 0 Å². The second kappa shape index (κ2) is 6.80. The summed E-state index contributed by atoms with van der Waals surface area (Å²) in [6.45, 7) is 6.78. The van der Waals surface area contributed by atoms with Gasteiger partial charge < -0.3 is 4.90 Å². The Bertz CT molecular complexity index is 593. The van der Waals surface area contributed by atoms with Crippen LogP contribution in [0.4, 0.5) is 0 Å². The van der Waals surface area contributed by atoms with Crippen molar-refractivity contribution in [2.24, 2.45) is 0 Å². The number of thiazole rings is 1. The standard InChI is InChI=1S/C14H21N5OS/c1-10(14-11(2)21-12(3)17-14)18(4)13(20)6-5-7-19-9-15-8-16-19/h8-10H,5-7H2,1-4H3/t10-/m1/s1. The maximum Gasteiger partial charge on any atom is 0.222 e. The van der Waals surface area contributed by atoms with E-state index in [2.05, 4.69) is 22.0 Å². The molecular formula is C14H21N5OS. The molecule has 7 heteroatoms. The Morgan fingerprint density at radius 2 is 2.24 bits per heavy atom. The van der Waals surface area contributed by atoms with Crippen LogP contribution in [0, 0.1) is 13.8 Å². The predicted octanol–water partition coefficient (Wildman–Crippen LogP) is 2.35. The van der Waals surface area contributed by atoms with Gasteiger partial charge in [0, 0.05) is 24.9 Å². The van der Waals surface area contributed by atoms with Gasteiger partial charge in [-0.25, -0.2) is 9.97 Å². The van der Waals surface area contributed by atoms with E-state index in [0.29, 0.717) is 13.0 Å². The number of hydrogen-bond donors (Lipinski definition) is 0. The van der Waals surface area contributed by atoms with Crippen molar-refractivity contribution in [2.75, 3.05) is 7.05 Å². The van der Waals surface area contributed by atoms with Crippen LogP contribution < -0.4 is 0 Å². The number of amides is 1. The number of aromatic nitrogens is 4. The fraction of sp³-hybridized carbons (Fsp3) is 0.571. The summed E-state index contributed by atoms with van der Waals surface area (Å²) >= 11 is 1.68. The zero-order chi connectivity index (χ0) is 15.4. The van der Waals surface area contributed by atoms with E-state index in [1.54, 1.807) is 27.2 Å². The predicted molar refractivity (Wildman–Crippen MR) is 82.0 cm³/mol. The SMILES string of the molecule is Cc1nc([C@@H](C)N(C)C(=O)CCCn2cncn2)c(C)s1. The minimum absolute atomic E-state index is 0.00817. The molecule has 0 unspecified atom stereocenters. The summed E-state index contributed by atoms with van der Waals surface area (Å²) in [5.41, 5.74) is 1.00. The zero-order valence-electron chi connectivity index (χ0n) is 12.9. The second-order valence-corrected chi connectivity index (χ2v) is 6.52. The molecule has 0 saturated heterocycles. The Kier molecular flexibility index (Phi) is 5.06. The first kappa shape index (κ1) is 15.6. The summed E-state index contributed by atoms with van der Waals surface area (Å²) in [4.78, 5) is 23.6. The smallest absolute Gasteiger partial charge is 0.222 e. The summed E-state index contributed by atoms with van der Waals surface area (Å²) in [5, 5.41) is 5.07. The van der Waals surface area contributed by atoms with Gasteiger partial charge in [0.05, 0.1) is 16.7 Å². The lowest BCUT2D eigenvalue weighted by Gasteiger charge is -2.24. The van der Waals surface area contributed by atoms with E-state index in [1.807, 2.05) is 20.9 Å². The molecule has 0 N–H and O–H groups in total. The van der Waals surface area contributed by atoms with Crippen molar-refractivity contribution in [2.45, 2.75) is 46.2 Å². The Labute approximate surface area is 128 Å². The Morgan fingerprint density at radius 3 is 2.81 bits per heavy atom. The molecule has 2 aromatic rings. The molecule has 21 heavy (non-hydrogen) atoms. The lowest BCUT2D eigenvalue weighted by molar-refractivity contribution is -0.132. The zero-order valence-corrected chi connectivity index (χ0v) is 13.7. The van der Waals surface area contributed by atoms with Crippen molar-refractivity contribution in [3.05, 3.63) is 28.2 Å². The van der Waals surface area contributed by atoms with Crippen molar-refractivity contribution < 1.29 is 4.79 Å².